The summed E-state index contributed by atoms with van der Waals surface area (Å²) in [7, 11) is 9.74. The van der Waals surface area contributed by atoms with Gasteiger partial charge >= 0.3 is 12.1 Å². The Hall–Kier alpha value is -8.24. The van der Waals surface area contributed by atoms with Gasteiger partial charge in [0.2, 0.25) is 65.0 Å². The van der Waals surface area contributed by atoms with Gasteiger partial charge in [-0.3, -0.25) is 67.3 Å². The van der Waals surface area contributed by atoms with Crippen LogP contribution in [-0.4, -0.2) is 285 Å². The van der Waals surface area contributed by atoms with E-state index in [2.05, 4.69) is 42.5 Å². The van der Waals surface area contributed by atoms with E-state index in [4.69, 9.17) is 33.2 Å². The molecular weight excluding hydrogens is 1390 g/mol. The van der Waals surface area contributed by atoms with Crippen LogP contribution in [0.4, 0.5) is 4.79 Å². The lowest BCUT2D eigenvalue weighted by molar-refractivity contribution is -0.148. The number of ketones is 1. The fourth-order valence-corrected chi connectivity index (χ4v) is 12.7. The van der Waals surface area contributed by atoms with Crippen molar-refractivity contribution in [2.45, 2.75) is 194 Å². The first-order valence-electron chi connectivity index (χ1n) is 37.2. The number of likely N-dealkylation sites (N-methyl/N-ethyl adjacent to an activating group) is 2. The molecule has 0 saturated carbocycles. The van der Waals surface area contributed by atoms with Crippen LogP contribution in [0.3, 0.4) is 0 Å². The number of Topliss-reactive ketones (excluding diaryl/α,β-unsaturated/α-hetero) is 1. The molecule has 8 N–H and O–H groups in total. The zero-order chi connectivity index (χ0) is 79.9. The van der Waals surface area contributed by atoms with Gasteiger partial charge in [0.25, 0.3) is 0 Å². The van der Waals surface area contributed by atoms with E-state index >= 15 is 0 Å². The smallest absolute Gasteiger partial charge is 0.407 e. The summed E-state index contributed by atoms with van der Waals surface area (Å²) in [6.45, 7) is 16.1. The van der Waals surface area contributed by atoms with Gasteiger partial charge in [0.15, 0.2) is 0 Å². The molecule has 0 radical (unpaired) electrons. The van der Waals surface area contributed by atoms with E-state index in [9.17, 15) is 67.1 Å². The van der Waals surface area contributed by atoms with Gasteiger partial charge < -0.3 is 85.5 Å². The number of carbonyl (C=O) groups excluding carboxylic acids is 14. The fourth-order valence-electron chi connectivity index (χ4n) is 12.7. The summed E-state index contributed by atoms with van der Waals surface area (Å²) in [4.78, 5) is 190. The average Bonchev–Trinajstić information content (AvgIpc) is 1.80. The highest BCUT2D eigenvalue weighted by atomic mass is 16.6. The minimum atomic E-state index is -1.40. The Kier molecular flexibility index (Phi) is 43.1. The number of imide groups is 1. The minimum Gasteiger partial charge on any atom is -0.464 e. The van der Waals surface area contributed by atoms with Crippen LogP contribution in [0.25, 0.3) is 0 Å². The molecule has 3 rings (SSSR count). The predicted molar refractivity (Wildman–Crippen MR) is 393 cm³/mol. The van der Waals surface area contributed by atoms with Crippen molar-refractivity contribution in [3.63, 3.8) is 0 Å². The highest BCUT2D eigenvalue weighted by Gasteiger charge is 2.44. The second-order valence-corrected chi connectivity index (χ2v) is 28.1. The van der Waals surface area contributed by atoms with Gasteiger partial charge in [0.05, 0.1) is 82.3 Å². The Bertz CT molecular complexity index is 3030. The Balaban J connectivity index is 1.45. The number of rotatable bonds is 52. The van der Waals surface area contributed by atoms with Crippen LogP contribution in [0.5, 0.6) is 0 Å². The standard InChI is InChI=1S/C74H122N12O21/c1-16-48(6)65(84(12)72(98)63(46(2)3)82-70(96)64(47(4)5)83(10)11)57(102-14)43-62(92)85-33-20-26-56(85)66(103-15)50(8)67(93)81-54(42-52-23-18-17-19-24-52)68(94)75-30-22-36-106-73(99)51(9)79-59(89)27-31-77-74(100)107-45-55(69(95)76-32-38-101-13)80-60(90)44-78-58(88)29-37-105-40-39-104-35-21-25-53(87)28-34-86-61(91)41-49(7)71(86)97/h17-19,23-24,46-51,54-57,63-66H,16,20-22,25-45H2,1-15H3,(H,75,94)(H,76,95)(H,77,100)(H,78,88)(H,79,89)(H,80,90)(H,81,93)(H,82,96)/t48-,49?,50+,51?,54-,55?,56-,57+,63?,64-,65-,66+/m0/s1. The first-order valence-corrected chi connectivity index (χ1v) is 37.2. The molecule has 0 bridgehead atoms. The molecule has 33 nitrogen and oxygen atoms in total. The third-order valence-electron chi connectivity index (χ3n) is 18.8. The number of hydrogen-bond acceptors (Lipinski definition) is 22. The molecule has 12 atom stereocenters. The molecule has 2 fully saturated rings. The first kappa shape index (κ1) is 93.0. The Labute approximate surface area is 630 Å². The van der Waals surface area contributed by atoms with Crippen LogP contribution in [0.1, 0.15) is 139 Å². The number of carbonyl (C=O) groups is 14. The van der Waals surface area contributed by atoms with E-state index < -0.39 is 121 Å². The zero-order valence-electron chi connectivity index (χ0n) is 65.5. The van der Waals surface area contributed by atoms with Crippen LogP contribution in [0.2, 0.25) is 0 Å². The normalized spacial score (nSPS) is 17.1. The van der Waals surface area contributed by atoms with Gasteiger partial charge in [-0.2, -0.15) is 0 Å². The molecule has 604 valence electrons. The number of likely N-dealkylation sites (tertiary alicyclic amines) is 2. The molecule has 4 unspecified atom stereocenters. The molecule has 0 aliphatic carbocycles. The summed E-state index contributed by atoms with van der Waals surface area (Å²) in [5.41, 5.74) is 0.764. The van der Waals surface area contributed by atoms with Crippen molar-refractivity contribution in [2.24, 2.45) is 29.6 Å². The van der Waals surface area contributed by atoms with Crippen molar-refractivity contribution in [3.8, 4) is 0 Å². The summed E-state index contributed by atoms with van der Waals surface area (Å²) in [5.74, 6) is -7.48. The van der Waals surface area contributed by atoms with Crippen LogP contribution in [0.15, 0.2) is 30.3 Å². The van der Waals surface area contributed by atoms with Gasteiger partial charge in [-0.1, -0.05) is 92.1 Å². The van der Waals surface area contributed by atoms with Crippen molar-refractivity contribution < 1.29 is 100 Å². The van der Waals surface area contributed by atoms with E-state index in [-0.39, 0.29) is 176 Å². The third kappa shape index (κ3) is 32.6. The van der Waals surface area contributed by atoms with Crippen LogP contribution in [0, 0.1) is 29.6 Å². The highest BCUT2D eigenvalue weighted by molar-refractivity contribution is 6.03. The number of esters is 1. The summed E-state index contributed by atoms with van der Waals surface area (Å²) in [6.07, 6.45) is -0.0401. The lowest BCUT2D eigenvalue weighted by atomic mass is 9.89. The van der Waals surface area contributed by atoms with E-state index in [0.29, 0.717) is 32.2 Å². The first-order chi connectivity index (χ1) is 50.8. The largest absolute Gasteiger partial charge is 0.464 e. The number of alkyl carbamates (subject to hydrolysis) is 1. The van der Waals surface area contributed by atoms with Crippen molar-refractivity contribution in [2.75, 3.05) is 128 Å². The minimum absolute atomic E-state index is 0.000442. The van der Waals surface area contributed by atoms with Gasteiger partial charge in [-0.25, -0.2) is 9.59 Å². The second kappa shape index (κ2) is 49.7. The molecule has 2 aliphatic rings. The number of methoxy groups -OCH3 is 3. The third-order valence-corrected chi connectivity index (χ3v) is 18.8. The number of hydrogen-bond donors (Lipinski definition) is 8. The van der Waals surface area contributed by atoms with Crippen LogP contribution >= 0.6 is 0 Å². The monoisotopic (exact) mass is 1510 g/mol. The van der Waals surface area contributed by atoms with Gasteiger partial charge in [0.1, 0.15) is 36.6 Å². The average molecular weight is 1520 g/mol. The Morgan fingerprint density at radius 2 is 1.31 bits per heavy atom. The lowest BCUT2D eigenvalue weighted by Crippen LogP contribution is -2.59. The van der Waals surface area contributed by atoms with Crippen molar-refractivity contribution >= 4 is 82.8 Å². The molecule has 0 aromatic heterocycles. The molecule has 33 heteroatoms. The SMILES string of the molecule is CC[C@H](C)[C@@H]([C@@H](CC(=O)N1CCC[C@H]1[C@H](OC)[C@@H](C)C(=O)N[C@@H](Cc1ccccc1)C(=O)NCCCOC(=O)C(C)NC(=O)CCNC(=O)OCC(NC(=O)CNC(=O)CCOCCOCCCC(=O)CCN1C(=O)CC(C)C1=O)C(=O)NCCOC)OC)N(C)C(=O)C(NC(=O)[C@H](C(C)C)N(C)C)C(C)C. The molecule has 0 spiro atoms. The van der Waals surface area contributed by atoms with Crippen LogP contribution in [-0.2, 0) is 102 Å². The maximum atomic E-state index is 14.6. The summed E-state index contributed by atoms with van der Waals surface area (Å²) >= 11 is 0. The Morgan fingerprint density at radius 3 is 1.93 bits per heavy atom. The molecule has 2 heterocycles. The molecule has 1 aromatic carbocycles. The quantitative estimate of drug-likeness (QED) is 0.0256. The number of nitrogens with one attached hydrogen (secondary N) is 8. The molecule has 1 aromatic rings. The van der Waals surface area contributed by atoms with Crippen molar-refractivity contribution in [1.29, 1.82) is 0 Å². The predicted octanol–water partition coefficient (Wildman–Crippen LogP) is 0.953. The highest BCUT2D eigenvalue weighted by Crippen LogP contribution is 2.30. The molecule has 107 heavy (non-hydrogen) atoms. The summed E-state index contributed by atoms with van der Waals surface area (Å²) in [5, 5.41) is 21.0. The van der Waals surface area contributed by atoms with Crippen molar-refractivity contribution in [1.82, 2.24) is 62.1 Å². The Morgan fingerprint density at radius 1 is 0.636 bits per heavy atom. The van der Waals surface area contributed by atoms with Crippen LogP contribution < -0.4 is 42.5 Å². The lowest BCUT2D eigenvalue weighted by Gasteiger charge is -2.41. The van der Waals surface area contributed by atoms with E-state index in [0.717, 1.165) is 10.5 Å². The zero-order valence-corrected chi connectivity index (χ0v) is 65.5. The number of amides is 12. The molecular formula is C74H122N12O21. The van der Waals surface area contributed by atoms with Crippen molar-refractivity contribution in [3.05, 3.63) is 35.9 Å². The van der Waals surface area contributed by atoms with E-state index in [1.165, 1.54) is 28.3 Å². The number of benzene rings is 1. The summed E-state index contributed by atoms with van der Waals surface area (Å²) < 4.78 is 38.5. The molecule has 2 aliphatic heterocycles. The molecule has 12 amide bonds. The molecule has 2 saturated heterocycles. The van der Waals surface area contributed by atoms with E-state index in [1.807, 2.05) is 90.9 Å². The number of ether oxygens (including phenoxy) is 7. The van der Waals surface area contributed by atoms with Gasteiger partial charge in [-0.15, -0.1) is 0 Å². The second-order valence-electron chi connectivity index (χ2n) is 28.1. The van der Waals surface area contributed by atoms with Gasteiger partial charge in [0, 0.05) is 112 Å². The maximum Gasteiger partial charge on any atom is 0.407 e. The fraction of sp³-hybridized carbons (Fsp3) is 0.730. The van der Waals surface area contributed by atoms with Gasteiger partial charge in [-0.05, 0) is 70.0 Å². The maximum absolute atomic E-state index is 14.6. The van der Waals surface area contributed by atoms with E-state index in [1.54, 1.807) is 30.7 Å². The summed E-state index contributed by atoms with van der Waals surface area (Å²) in [6, 6.07) is 3.14. The topological polar surface area (TPSA) is 413 Å². The number of nitrogens with zero attached hydrogens (tertiary/aromatic N) is 4.